The third-order valence-electron chi connectivity index (χ3n) is 4.62. The van der Waals surface area contributed by atoms with Gasteiger partial charge in [-0.25, -0.2) is 0 Å². The maximum absolute atomic E-state index is 12.4. The molecule has 1 aliphatic rings. The summed E-state index contributed by atoms with van der Waals surface area (Å²) in [6.07, 6.45) is 1.42. The summed E-state index contributed by atoms with van der Waals surface area (Å²) in [6, 6.07) is 9.28. The molecule has 3 rings (SSSR count). The molecule has 0 radical (unpaired) electrons. The monoisotopic (exact) mass is 434 g/mol. The van der Waals surface area contributed by atoms with Gasteiger partial charge in [0.2, 0.25) is 0 Å². The van der Waals surface area contributed by atoms with E-state index in [-0.39, 0.29) is 24.5 Å². The molecule has 144 valence electrons. The average Bonchev–Trinajstić information content (AvgIpc) is 3.07. The number of carbonyl (C=O) groups excluding carboxylic acids is 2. The largest absolute Gasteiger partial charge is 0.484 e. The fourth-order valence-corrected chi connectivity index (χ4v) is 3.49. The summed E-state index contributed by atoms with van der Waals surface area (Å²) in [7, 11) is 0. The fraction of sp³-hybridized carbons (Fsp3) is 0.400. The van der Waals surface area contributed by atoms with E-state index in [0.717, 1.165) is 16.9 Å². The molecule has 0 aliphatic carbocycles. The quantitative estimate of drug-likeness (QED) is 0.781. The highest BCUT2D eigenvalue weighted by Crippen LogP contribution is 2.20. The Morgan fingerprint density at radius 1 is 1.22 bits per heavy atom. The number of hydrogen-bond acceptors (Lipinski definition) is 4. The van der Waals surface area contributed by atoms with Crippen LogP contribution in [-0.4, -0.2) is 42.5 Å². The van der Waals surface area contributed by atoms with Gasteiger partial charge in [0.1, 0.15) is 5.75 Å². The van der Waals surface area contributed by atoms with E-state index in [0.29, 0.717) is 36.4 Å². The lowest BCUT2D eigenvalue weighted by Crippen LogP contribution is -2.47. The Morgan fingerprint density at radius 3 is 2.59 bits per heavy atom. The van der Waals surface area contributed by atoms with E-state index in [1.54, 1.807) is 17.0 Å². The smallest absolute Gasteiger partial charge is 0.289 e. The summed E-state index contributed by atoms with van der Waals surface area (Å²) >= 11 is 3.20. The van der Waals surface area contributed by atoms with Crippen molar-refractivity contribution in [3.63, 3.8) is 0 Å². The maximum atomic E-state index is 12.4. The van der Waals surface area contributed by atoms with Crippen LogP contribution < -0.4 is 10.1 Å². The van der Waals surface area contributed by atoms with Crippen molar-refractivity contribution in [2.75, 3.05) is 19.7 Å². The third-order valence-corrected chi connectivity index (χ3v) is 5.05. The van der Waals surface area contributed by atoms with Crippen molar-refractivity contribution in [1.29, 1.82) is 0 Å². The number of furan rings is 1. The van der Waals surface area contributed by atoms with Gasteiger partial charge in [-0.15, -0.1) is 0 Å². The molecular weight excluding hydrogens is 412 g/mol. The zero-order valence-corrected chi connectivity index (χ0v) is 17.0. The van der Waals surface area contributed by atoms with Crippen LogP contribution in [0.25, 0.3) is 0 Å². The van der Waals surface area contributed by atoms with E-state index in [4.69, 9.17) is 9.15 Å². The zero-order valence-electron chi connectivity index (χ0n) is 15.5. The molecular formula is C20H23BrN2O4. The number of carbonyl (C=O) groups is 2. The summed E-state index contributed by atoms with van der Waals surface area (Å²) in [5.74, 6) is 0.783. The fourth-order valence-electron chi connectivity index (χ4n) is 3.19. The van der Waals surface area contributed by atoms with Gasteiger partial charge in [0.15, 0.2) is 17.0 Å². The Balaban J connectivity index is 1.43. The molecule has 2 amide bonds. The van der Waals surface area contributed by atoms with E-state index in [1.807, 2.05) is 32.0 Å². The molecule has 0 saturated carbocycles. The van der Waals surface area contributed by atoms with E-state index in [1.165, 1.54) is 0 Å². The van der Waals surface area contributed by atoms with Gasteiger partial charge >= 0.3 is 0 Å². The van der Waals surface area contributed by atoms with E-state index in [2.05, 4.69) is 21.2 Å². The number of halogens is 1. The first-order valence-corrected chi connectivity index (χ1v) is 9.75. The number of rotatable bonds is 5. The molecule has 0 bridgehead atoms. The normalized spacial score (nSPS) is 14.9. The summed E-state index contributed by atoms with van der Waals surface area (Å²) in [6.45, 7) is 5.14. The van der Waals surface area contributed by atoms with Crippen molar-refractivity contribution in [1.82, 2.24) is 10.2 Å². The molecule has 1 fully saturated rings. The highest BCUT2D eigenvalue weighted by Gasteiger charge is 2.26. The van der Waals surface area contributed by atoms with Gasteiger partial charge in [-0.1, -0.05) is 17.7 Å². The van der Waals surface area contributed by atoms with Gasteiger partial charge in [0, 0.05) is 19.1 Å². The lowest BCUT2D eigenvalue weighted by molar-refractivity contribution is -0.124. The first-order valence-electron chi connectivity index (χ1n) is 8.96. The minimum atomic E-state index is -0.144. The Morgan fingerprint density at radius 2 is 1.96 bits per heavy atom. The first kappa shape index (κ1) is 19.5. The number of amides is 2. The number of ether oxygens (including phenoxy) is 1. The minimum Gasteiger partial charge on any atom is -0.484 e. The molecule has 1 aromatic heterocycles. The number of piperidine rings is 1. The van der Waals surface area contributed by atoms with E-state index >= 15 is 0 Å². The Labute approximate surface area is 167 Å². The molecule has 1 aliphatic heterocycles. The Kier molecular flexibility index (Phi) is 6.21. The number of benzene rings is 1. The van der Waals surface area contributed by atoms with Crippen molar-refractivity contribution in [2.45, 2.75) is 32.7 Å². The van der Waals surface area contributed by atoms with Crippen LogP contribution in [0.2, 0.25) is 0 Å². The van der Waals surface area contributed by atoms with Crippen LogP contribution in [0.5, 0.6) is 5.75 Å². The molecule has 1 N–H and O–H groups in total. The van der Waals surface area contributed by atoms with Crippen molar-refractivity contribution >= 4 is 27.7 Å². The molecule has 7 heteroatoms. The van der Waals surface area contributed by atoms with Crippen LogP contribution in [0, 0.1) is 13.8 Å². The van der Waals surface area contributed by atoms with Crippen LogP contribution >= 0.6 is 15.9 Å². The highest BCUT2D eigenvalue weighted by atomic mass is 79.9. The van der Waals surface area contributed by atoms with Crippen molar-refractivity contribution in [2.24, 2.45) is 0 Å². The average molecular weight is 435 g/mol. The van der Waals surface area contributed by atoms with Crippen molar-refractivity contribution in [3.8, 4) is 5.75 Å². The van der Waals surface area contributed by atoms with Crippen LogP contribution in [-0.2, 0) is 4.79 Å². The van der Waals surface area contributed by atoms with Gasteiger partial charge in [-0.3, -0.25) is 9.59 Å². The molecule has 1 saturated heterocycles. The molecule has 6 nitrogen and oxygen atoms in total. The minimum absolute atomic E-state index is 0.0104. The van der Waals surface area contributed by atoms with Gasteiger partial charge in [-0.2, -0.15) is 0 Å². The topological polar surface area (TPSA) is 71.8 Å². The number of hydrogen-bond donors (Lipinski definition) is 1. The lowest BCUT2D eigenvalue weighted by atomic mass is 10.0. The molecule has 0 unspecified atom stereocenters. The van der Waals surface area contributed by atoms with E-state index in [9.17, 15) is 9.59 Å². The molecule has 2 aromatic rings. The molecule has 0 atom stereocenters. The Hall–Kier alpha value is -2.28. The van der Waals surface area contributed by atoms with E-state index < -0.39 is 0 Å². The number of likely N-dealkylation sites (tertiary alicyclic amines) is 1. The third kappa shape index (κ3) is 5.13. The second-order valence-electron chi connectivity index (χ2n) is 6.80. The van der Waals surface area contributed by atoms with Crippen LogP contribution in [0.3, 0.4) is 0 Å². The van der Waals surface area contributed by atoms with Crippen LogP contribution in [0.15, 0.2) is 39.4 Å². The summed E-state index contributed by atoms with van der Waals surface area (Å²) in [5, 5.41) is 2.99. The summed E-state index contributed by atoms with van der Waals surface area (Å²) in [4.78, 5) is 26.3. The SMILES string of the molecule is Cc1ccc(OCC(=O)NC2CCN(C(=O)c3ccc(Br)o3)CC2)c(C)c1. The predicted octanol–water partition coefficient (Wildman–Crippen LogP) is 3.46. The van der Waals surface area contributed by atoms with Crippen LogP contribution in [0.4, 0.5) is 0 Å². The van der Waals surface area contributed by atoms with Gasteiger partial charge in [0.25, 0.3) is 11.8 Å². The molecule has 0 spiro atoms. The number of nitrogens with zero attached hydrogens (tertiary/aromatic N) is 1. The van der Waals surface area contributed by atoms with Gasteiger partial charge in [0.05, 0.1) is 0 Å². The first-order chi connectivity index (χ1) is 12.9. The molecule has 2 heterocycles. The zero-order chi connectivity index (χ0) is 19.4. The summed E-state index contributed by atoms with van der Waals surface area (Å²) in [5.41, 5.74) is 2.17. The predicted molar refractivity (Wildman–Crippen MR) is 105 cm³/mol. The molecule has 27 heavy (non-hydrogen) atoms. The van der Waals surface area contributed by atoms with Crippen LogP contribution in [0.1, 0.15) is 34.5 Å². The van der Waals surface area contributed by atoms with Gasteiger partial charge in [-0.05, 0) is 66.4 Å². The lowest BCUT2D eigenvalue weighted by Gasteiger charge is -2.31. The maximum Gasteiger partial charge on any atom is 0.289 e. The van der Waals surface area contributed by atoms with Crippen molar-refractivity contribution in [3.05, 3.63) is 51.9 Å². The second-order valence-corrected chi connectivity index (χ2v) is 7.58. The highest BCUT2D eigenvalue weighted by molar-refractivity contribution is 9.10. The number of aryl methyl sites for hydroxylation is 2. The van der Waals surface area contributed by atoms with Gasteiger partial charge < -0.3 is 19.4 Å². The molecule has 1 aromatic carbocycles. The standard InChI is InChI=1S/C20H23BrN2O4/c1-13-3-4-16(14(2)11-13)26-12-19(24)22-15-7-9-23(10-8-15)20(25)17-5-6-18(21)27-17/h3-6,11,15H,7-10,12H2,1-2H3,(H,22,24). The second kappa shape index (κ2) is 8.61. The van der Waals surface area contributed by atoms with Crippen molar-refractivity contribution < 1.29 is 18.7 Å². The Bertz CT molecular complexity index is 825. The summed E-state index contributed by atoms with van der Waals surface area (Å²) < 4.78 is 11.5. The number of nitrogens with one attached hydrogen (secondary N) is 1.